The maximum absolute atomic E-state index is 13.8. The number of Topliss-reactive ketones (excluding diaryl/α,β-unsaturated/α-hetero) is 1. The van der Waals surface area contributed by atoms with Gasteiger partial charge in [-0.1, -0.05) is 6.07 Å². The van der Waals surface area contributed by atoms with Crippen LogP contribution in [0.1, 0.15) is 51.1 Å². The molecule has 0 atom stereocenters. The van der Waals surface area contributed by atoms with Gasteiger partial charge in [-0.3, -0.25) is 9.59 Å². The van der Waals surface area contributed by atoms with E-state index in [0.29, 0.717) is 48.3 Å². The molecule has 4 N–H and O–H groups in total. The molecule has 1 saturated heterocycles. The molecule has 2 heterocycles. The molecule has 0 aromatic heterocycles. The number of piperidine rings is 1. The summed E-state index contributed by atoms with van der Waals surface area (Å²) in [6.07, 6.45) is 1.40. The van der Waals surface area contributed by atoms with Crippen molar-refractivity contribution < 1.29 is 23.2 Å². The van der Waals surface area contributed by atoms with Crippen LogP contribution in [0.2, 0.25) is 0 Å². The molecule has 3 amide bonds. The van der Waals surface area contributed by atoms with E-state index in [0.717, 1.165) is 6.07 Å². The number of halogens is 2. The number of ketones is 1. The standard InChI is InChI=1S/C23H24F2N4O3/c1-13-14(2-4-17(25)20(13)21(26)31)12-27-22(32)29-8-6-23(7-9-29)11-19(30)16-10-15(24)3-5-18(16)28-23/h2-5,10,28H,6-9,11-12H2,1H3,(H2,26,31)(H,27,32). The van der Waals surface area contributed by atoms with Crippen molar-refractivity contribution in [1.29, 1.82) is 0 Å². The molecule has 2 aromatic carbocycles. The number of benzene rings is 2. The van der Waals surface area contributed by atoms with Gasteiger partial charge in [0.15, 0.2) is 5.78 Å². The minimum Gasteiger partial charge on any atom is -0.378 e. The van der Waals surface area contributed by atoms with E-state index in [1.165, 1.54) is 18.2 Å². The number of hydrogen-bond acceptors (Lipinski definition) is 4. The maximum atomic E-state index is 13.8. The van der Waals surface area contributed by atoms with Gasteiger partial charge < -0.3 is 21.3 Å². The second-order valence-electron chi connectivity index (χ2n) is 8.41. The lowest BCUT2D eigenvalue weighted by Crippen LogP contribution is -2.55. The molecule has 0 unspecified atom stereocenters. The summed E-state index contributed by atoms with van der Waals surface area (Å²) in [5.41, 5.74) is 6.60. The normalized spacial score (nSPS) is 17.0. The summed E-state index contributed by atoms with van der Waals surface area (Å²) < 4.78 is 27.3. The van der Waals surface area contributed by atoms with Crippen LogP contribution in [0.15, 0.2) is 30.3 Å². The summed E-state index contributed by atoms with van der Waals surface area (Å²) in [5, 5.41) is 6.19. The van der Waals surface area contributed by atoms with Gasteiger partial charge in [-0.25, -0.2) is 13.6 Å². The van der Waals surface area contributed by atoms with Crippen LogP contribution in [-0.4, -0.2) is 41.2 Å². The van der Waals surface area contributed by atoms with Crippen molar-refractivity contribution >= 4 is 23.4 Å². The molecule has 32 heavy (non-hydrogen) atoms. The highest BCUT2D eigenvalue weighted by molar-refractivity contribution is 6.04. The van der Waals surface area contributed by atoms with Crippen LogP contribution in [-0.2, 0) is 6.54 Å². The molecule has 0 bridgehead atoms. The second-order valence-corrected chi connectivity index (χ2v) is 8.41. The zero-order valence-electron chi connectivity index (χ0n) is 17.6. The Morgan fingerprint density at radius 3 is 2.59 bits per heavy atom. The first-order valence-electron chi connectivity index (χ1n) is 10.4. The van der Waals surface area contributed by atoms with Crippen LogP contribution in [0.5, 0.6) is 0 Å². The smallest absolute Gasteiger partial charge is 0.317 e. The Hall–Kier alpha value is -3.49. The predicted molar refractivity (Wildman–Crippen MR) is 114 cm³/mol. The third kappa shape index (κ3) is 4.02. The molecule has 2 aliphatic rings. The molecule has 0 saturated carbocycles. The van der Waals surface area contributed by atoms with Gasteiger partial charge in [0.1, 0.15) is 11.6 Å². The number of carbonyl (C=O) groups is 3. The van der Waals surface area contributed by atoms with Crippen LogP contribution in [0.3, 0.4) is 0 Å². The zero-order chi connectivity index (χ0) is 23.0. The van der Waals surface area contributed by atoms with E-state index in [1.807, 2.05) is 0 Å². The van der Waals surface area contributed by atoms with Gasteiger partial charge in [-0.2, -0.15) is 0 Å². The topological polar surface area (TPSA) is 105 Å². The number of likely N-dealkylation sites (tertiary alicyclic amines) is 1. The van der Waals surface area contributed by atoms with Crippen molar-refractivity contribution in [3.05, 3.63) is 64.2 Å². The summed E-state index contributed by atoms with van der Waals surface area (Å²) >= 11 is 0. The Kier molecular flexibility index (Phi) is 5.58. The van der Waals surface area contributed by atoms with Gasteiger partial charge in [0.25, 0.3) is 5.91 Å². The lowest BCUT2D eigenvalue weighted by Gasteiger charge is -2.45. The maximum Gasteiger partial charge on any atom is 0.317 e. The minimum atomic E-state index is -0.853. The second kappa shape index (κ2) is 8.22. The van der Waals surface area contributed by atoms with Crippen molar-refractivity contribution in [3.8, 4) is 0 Å². The van der Waals surface area contributed by atoms with E-state index < -0.39 is 23.1 Å². The predicted octanol–water partition coefficient (Wildman–Crippen LogP) is 3.11. The summed E-state index contributed by atoms with van der Waals surface area (Å²) in [4.78, 5) is 38.4. The Bertz CT molecular complexity index is 1110. The van der Waals surface area contributed by atoms with Crippen LogP contribution < -0.4 is 16.4 Å². The van der Waals surface area contributed by atoms with Crippen LogP contribution in [0.25, 0.3) is 0 Å². The molecule has 1 fully saturated rings. The number of nitrogens with two attached hydrogens (primary N) is 1. The minimum absolute atomic E-state index is 0.104. The third-order valence-corrected chi connectivity index (χ3v) is 6.39. The molecular weight excluding hydrogens is 418 g/mol. The molecule has 9 heteroatoms. The van der Waals surface area contributed by atoms with E-state index in [-0.39, 0.29) is 30.3 Å². The fraction of sp³-hybridized carbons (Fsp3) is 0.348. The van der Waals surface area contributed by atoms with Gasteiger partial charge in [0.2, 0.25) is 0 Å². The number of amides is 3. The number of nitrogens with one attached hydrogen (secondary N) is 2. The molecule has 168 valence electrons. The van der Waals surface area contributed by atoms with Gasteiger partial charge in [-0.05, 0) is 55.2 Å². The number of anilines is 1. The Morgan fingerprint density at radius 2 is 1.91 bits per heavy atom. The largest absolute Gasteiger partial charge is 0.378 e. The van der Waals surface area contributed by atoms with Gasteiger partial charge in [0, 0.05) is 42.8 Å². The molecule has 2 aromatic rings. The van der Waals surface area contributed by atoms with Crippen LogP contribution in [0.4, 0.5) is 19.3 Å². The van der Waals surface area contributed by atoms with Gasteiger partial charge in [0.05, 0.1) is 5.56 Å². The highest BCUT2D eigenvalue weighted by Crippen LogP contribution is 2.37. The highest BCUT2D eigenvalue weighted by atomic mass is 19.1. The average molecular weight is 442 g/mol. The van der Waals surface area contributed by atoms with E-state index in [1.54, 1.807) is 17.9 Å². The lowest BCUT2D eigenvalue weighted by atomic mass is 9.78. The van der Waals surface area contributed by atoms with Crippen molar-refractivity contribution in [3.63, 3.8) is 0 Å². The molecule has 7 nitrogen and oxygen atoms in total. The number of rotatable bonds is 3. The first kappa shape index (κ1) is 21.7. The molecular formula is C23H24F2N4O3. The first-order valence-corrected chi connectivity index (χ1v) is 10.4. The van der Waals surface area contributed by atoms with Gasteiger partial charge in [-0.15, -0.1) is 0 Å². The Labute approximate surface area is 184 Å². The average Bonchev–Trinajstić information content (AvgIpc) is 2.74. The lowest BCUT2D eigenvalue weighted by molar-refractivity contribution is 0.0914. The number of fused-ring (bicyclic) bond motifs is 1. The summed E-state index contributed by atoms with van der Waals surface area (Å²) in [6, 6.07) is 6.54. The fourth-order valence-corrected chi connectivity index (χ4v) is 4.53. The van der Waals surface area contributed by atoms with Crippen LogP contribution >= 0.6 is 0 Å². The quantitative estimate of drug-likeness (QED) is 0.679. The Morgan fingerprint density at radius 1 is 1.19 bits per heavy atom. The Balaban J connectivity index is 1.38. The zero-order valence-corrected chi connectivity index (χ0v) is 17.6. The van der Waals surface area contributed by atoms with Crippen molar-refractivity contribution in [2.75, 3.05) is 18.4 Å². The monoisotopic (exact) mass is 442 g/mol. The van der Waals surface area contributed by atoms with Crippen molar-refractivity contribution in [1.82, 2.24) is 10.2 Å². The molecule has 0 aliphatic carbocycles. The highest BCUT2D eigenvalue weighted by Gasteiger charge is 2.41. The van der Waals surface area contributed by atoms with Crippen molar-refractivity contribution in [2.45, 2.75) is 38.3 Å². The summed E-state index contributed by atoms with van der Waals surface area (Å²) in [7, 11) is 0. The molecule has 1 spiro atoms. The number of hydrogen-bond donors (Lipinski definition) is 3. The molecule has 0 radical (unpaired) electrons. The summed E-state index contributed by atoms with van der Waals surface area (Å²) in [5.74, 6) is -2.09. The van der Waals surface area contributed by atoms with E-state index >= 15 is 0 Å². The van der Waals surface area contributed by atoms with E-state index in [2.05, 4.69) is 10.6 Å². The van der Waals surface area contributed by atoms with Crippen LogP contribution in [0, 0.1) is 18.6 Å². The summed E-state index contributed by atoms with van der Waals surface area (Å²) in [6.45, 7) is 2.60. The number of primary amides is 1. The van der Waals surface area contributed by atoms with E-state index in [9.17, 15) is 23.2 Å². The fourth-order valence-electron chi connectivity index (χ4n) is 4.53. The SMILES string of the molecule is Cc1c(CNC(=O)N2CCC3(CC2)CC(=O)c2cc(F)ccc2N3)ccc(F)c1C(N)=O. The molecule has 4 rings (SSSR count). The molecule has 2 aliphatic heterocycles. The van der Waals surface area contributed by atoms with E-state index in [4.69, 9.17) is 5.73 Å². The van der Waals surface area contributed by atoms with Gasteiger partial charge >= 0.3 is 6.03 Å². The number of carbonyl (C=O) groups excluding carboxylic acids is 3. The number of nitrogens with zero attached hydrogens (tertiary/aromatic N) is 1. The van der Waals surface area contributed by atoms with Crippen molar-refractivity contribution in [2.24, 2.45) is 5.73 Å². The third-order valence-electron chi connectivity index (χ3n) is 6.39. The number of urea groups is 1. The first-order chi connectivity index (χ1) is 15.2.